The summed E-state index contributed by atoms with van der Waals surface area (Å²) in [5, 5.41) is 0. The van der Waals surface area contributed by atoms with E-state index in [0.717, 1.165) is 0 Å². The summed E-state index contributed by atoms with van der Waals surface area (Å²) in [6.07, 6.45) is 4.32. The normalized spacial score (nSPS) is 9.93. The van der Waals surface area contributed by atoms with Crippen LogP contribution in [0.3, 0.4) is 0 Å². The molecule has 0 fully saturated rings. The second-order valence-electron chi connectivity index (χ2n) is 2.72. The number of hydrogen-bond acceptors (Lipinski definition) is 5. The molecule has 2 aromatic rings. The number of hydrogen-bond donors (Lipinski definition) is 1. The Morgan fingerprint density at radius 1 is 1.40 bits per heavy atom. The summed E-state index contributed by atoms with van der Waals surface area (Å²) in [5.74, 6) is 0.566. The first kappa shape index (κ1) is 9.32. The van der Waals surface area contributed by atoms with E-state index in [9.17, 15) is 4.79 Å². The third-order valence-electron chi connectivity index (χ3n) is 1.81. The first-order valence-electron chi connectivity index (χ1n) is 4.21. The van der Waals surface area contributed by atoms with Crippen molar-refractivity contribution >= 4 is 0 Å². The zero-order chi connectivity index (χ0) is 10.7. The van der Waals surface area contributed by atoms with Crippen LogP contribution in [0.5, 0.6) is 5.75 Å². The lowest BCUT2D eigenvalue weighted by Gasteiger charge is -2.00. The predicted octanol–water partition coefficient (Wildman–Crippen LogP) is 0.235. The molecule has 15 heavy (non-hydrogen) atoms. The van der Waals surface area contributed by atoms with Gasteiger partial charge in [0.1, 0.15) is 12.0 Å². The number of aromatic amines is 1. The minimum atomic E-state index is -0.332. The number of aromatic nitrogens is 4. The smallest absolute Gasteiger partial charge is 0.293 e. The molecule has 0 atom stereocenters. The molecule has 6 nitrogen and oxygen atoms in total. The molecule has 76 valence electrons. The maximum absolute atomic E-state index is 11.4. The SMILES string of the molecule is COc1cnc(-c2ccncn2)[nH]c1=O. The molecule has 2 aromatic heterocycles. The fourth-order valence-electron chi connectivity index (χ4n) is 1.09. The molecule has 1 N–H and O–H groups in total. The lowest BCUT2D eigenvalue weighted by atomic mass is 10.4. The van der Waals surface area contributed by atoms with Crippen LogP contribution in [0.25, 0.3) is 11.5 Å². The van der Waals surface area contributed by atoms with E-state index in [2.05, 4.69) is 19.9 Å². The number of nitrogens with one attached hydrogen (secondary N) is 1. The van der Waals surface area contributed by atoms with Gasteiger partial charge in [0.05, 0.1) is 13.3 Å². The van der Waals surface area contributed by atoms with Crippen molar-refractivity contribution in [2.75, 3.05) is 7.11 Å². The Bertz CT molecular complexity index is 509. The van der Waals surface area contributed by atoms with Crippen LogP contribution in [0.2, 0.25) is 0 Å². The van der Waals surface area contributed by atoms with Crippen LogP contribution in [0.15, 0.2) is 29.6 Å². The van der Waals surface area contributed by atoms with Gasteiger partial charge in [-0.3, -0.25) is 4.79 Å². The highest BCUT2D eigenvalue weighted by Crippen LogP contribution is 2.08. The highest BCUT2D eigenvalue weighted by Gasteiger charge is 2.04. The largest absolute Gasteiger partial charge is 0.490 e. The Balaban J connectivity index is 2.48. The molecule has 0 unspecified atom stereocenters. The van der Waals surface area contributed by atoms with E-state index in [1.165, 1.54) is 19.6 Å². The van der Waals surface area contributed by atoms with E-state index >= 15 is 0 Å². The molecule has 0 aromatic carbocycles. The van der Waals surface area contributed by atoms with E-state index in [1.54, 1.807) is 12.3 Å². The van der Waals surface area contributed by atoms with Crippen LogP contribution in [-0.4, -0.2) is 27.0 Å². The molecule has 0 aliphatic carbocycles. The van der Waals surface area contributed by atoms with Crippen LogP contribution < -0.4 is 10.3 Å². The standard InChI is InChI=1S/C9H8N4O2/c1-15-7-4-11-8(13-9(7)14)6-2-3-10-5-12-6/h2-5H,1H3,(H,11,13,14). The van der Waals surface area contributed by atoms with Crippen molar-refractivity contribution in [2.45, 2.75) is 0 Å². The first-order chi connectivity index (χ1) is 7.31. The molecule has 0 saturated heterocycles. The fraction of sp³-hybridized carbons (Fsp3) is 0.111. The monoisotopic (exact) mass is 204 g/mol. The van der Waals surface area contributed by atoms with Crippen LogP contribution in [0, 0.1) is 0 Å². The lowest BCUT2D eigenvalue weighted by molar-refractivity contribution is 0.406. The molecule has 0 amide bonds. The molecular weight excluding hydrogens is 196 g/mol. The van der Waals surface area contributed by atoms with Gasteiger partial charge < -0.3 is 9.72 Å². The summed E-state index contributed by atoms with van der Waals surface area (Å²) >= 11 is 0. The van der Waals surface area contributed by atoms with Gasteiger partial charge in [-0.05, 0) is 6.07 Å². The Labute approximate surface area is 85.0 Å². The zero-order valence-electron chi connectivity index (χ0n) is 7.97. The molecule has 0 saturated carbocycles. The maximum atomic E-state index is 11.4. The van der Waals surface area contributed by atoms with E-state index in [1.807, 2.05) is 0 Å². The molecule has 0 radical (unpaired) electrons. The second-order valence-corrected chi connectivity index (χ2v) is 2.72. The van der Waals surface area contributed by atoms with Crippen molar-refractivity contribution in [3.63, 3.8) is 0 Å². The van der Waals surface area contributed by atoms with Crippen molar-refractivity contribution < 1.29 is 4.74 Å². The minimum absolute atomic E-state index is 0.174. The van der Waals surface area contributed by atoms with Crippen LogP contribution >= 0.6 is 0 Å². The van der Waals surface area contributed by atoms with Crippen molar-refractivity contribution in [2.24, 2.45) is 0 Å². The van der Waals surface area contributed by atoms with Crippen molar-refractivity contribution in [1.82, 2.24) is 19.9 Å². The van der Waals surface area contributed by atoms with Gasteiger partial charge >= 0.3 is 0 Å². The number of rotatable bonds is 2. The Morgan fingerprint density at radius 2 is 2.27 bits per heavy atom. The van der Waals surface area contributed by atoms with Crippen LogP contribution in [0.4, 0.5) is 0 Å². The molecule has 2 heterocycles. The second kappa shape index (κ2) is 3.87. The third-order valence-corrected chi connectivity index (χ3v) is 1.81. The van der Waals surface area contributed by atoms with Gasteiger partial charge in [0.2, 0.25) is 5.75 Å². The van der Waals surface area contributed by atoms with E-state index in [4.69, 9.17) is 4.74 Å². The summed E-state index contributed by atoms with van der Waals surface area (Å²) in [6, 6.07) is 1.66. The van der Waals surface area contributed by atoms with Gasteiger partial charge in [-0.25, -0.2) is 15.0 Å². The van der Waals surface area contributed by atoms with Gasteiger partial charge in [-0.2, -0.15) is 0 Å². The molecule has 0 aliphatic rings. The van der Waals surface area contributed by atoms with Crippen LogP contribution in [-0.2, 0) is 0 Å². The highest BCUT2D eigenvalue weighted by molar-refractivity contribution is 5.47. The average molecular weight is 204 g/mol. The summed E-state index contributed by atoms with van der Waals surface area (Å²) in [6.45, 7) is 0. The Morgan fingerprint density at radius 3 is 2.87 bits per heavy atom. The van der Waals surface area contributed by atoms with E-state index in [-0.39, 0.29) is 11.3 Å². The first-order valence-corrected chi connectivity index (χ1v) is 4.21. The zero-order valence-corrected chi connectivity index (χ0v) is 7.97. The number of methoxy groups -OCH3 is 1. The number of H-pyrrole nitrogens is 1. The molecule has 0 spiro atoms. The Hall–Kier alpha value is -2.24. The predicted molar refractivity (Wildman–Crippen MR) is 52.4 cm³/mol. The summed E-state index contributed by atoms with van der Waals surface area (Å²) < 4.78 is 4.80. The molecule has 0 bridgehead atoms. The van der Waals surface area contributed by atoms with Gasteiger partial charge in [-0.15, -0.1) is 0 Å². The number of nitrogens with zero attached hydrogens (tertiary/aromatic N) is 3. The molecule has 2 rings (SSSR count). The van der Waals surface area contributed by atoms with Crippen molar-refractivity contribution in [1.29, 1.82) is 0 Å². The quantitative estimate of drug-likeness (QED) is 0.757. The van der Waals surface area contributed by atoms with Crippen molar-refractivity contribution in [3.8, 4) is 17.3 Å². The Kier molecular flexibility index (Phi) is 2.40. The lowest BCUT2D eigenvalue weighted by Crippen LogP contribution is -2.11. The highest BCUT2D eigenvalue weighted by atomic mass is 16.5. The van der Waals surface area contributed by atoms with Crippen LogP contribution in [0.1, 0.15) is 0 Å². The topological polar surface area (TPSA) is 80.8 Å². The van der Waals surface area contributed by atoms with E-state index in [0.29, 0.717) is 11.5 Å². The van der Waals surface area contributed by atoms with Gasteiger partial charge in [0, 0.05) is 6.20 Å². The molecular formula is C9H8N4O2. The van der Waals surface area contributed by atoms with Gasteiger partial charge in [0.25, 0.3) is 5.56 Å². The average Bonchev–Trinajstić information content (AvgIpc) is 2.30. The van der Waals surface area contributed by atoms with E-state index < -0.39 is 0 Å². The molecule has 6 heteroatoms. The maximum Gasteiger partial charge on any atom is 0.293 e. The molecule has 0 aliphatic heterocycles. The summed E-state index contributed by atoms with van der Waals surface area (Å²) in [5.41, 5.74) is 0.228. The van der Waals surface area contributed by atoms with Gasteiger partial charge in [0.15, 0.2) is 5.82 Å². The summed E-state index contributed by atoms with van der Waals surface area (Å²) in [4.78, 5) is 25.7. The van der Waals surface area contributed by atoms with Gasteiger partial charge in [-0.1, -0.05) is 0 Å². The minimum Gasteiger partial charge on any atom is -0.490 e. The summed E-state index contributed by atoms with van der Waals surface area (Å²) in [7, 11) is 1.41. The third kappa shape index (κ3) is 1.83. The number of ether oxygens (including phenoxy) is 1. The fourth-order valence-corrected chi connectivity index (χ4v) is 1.09. The van der Waals surface area contributed by atoms with Crippen molar-refractivity contribution in [3.05, 3.63) is 35.1 Å².